The molecule has 0 amide bonds. The molecule has 0 aliphatic carbocycles. The minimum Gasteiger partial charge on any atom is -0.491 e. The Morgan fingerprint density at radius 3 is 1.74 bits per heavy atom. The van der Waals surface area contributed by atoms with Crippen molar-refractivity contribution in [1.29, 1.82) is 0 Å². The van der Waals surface area contributed by atoms with E-state index in [1.807, 2.05) is 103 Å². The van der Waals surface area contributed by atoms with Gasteiger partial charge in [-0.3, -0.25) is 14.5 Å². The van der Waals surface area contributed by atoms with Crippen molar-refractivity contribution in [2.75, 3.05) is 13.7 Å². The minimum atomic E-state index is -1.01. The van der Waals surface area contributed by atoms with E-state index in [-0.39, 0.29) is 6.61 Å². The topological polar surface area (TPSA) is 66.8 Å². The van der Waals surface area contributed by atoms with Crippen LogP contribution >= 0.6 is 0 Å². The lowest BCUT2D eigenvalue weighted by Gasteiger charge is -2.46. The molecule has 0 fully saturated rings. The highest BCUT2D eigenvalue weighted by Gasteiger charge is 2.45. The van der Waals surface area contributed by atoms with Crippen LogP contribution < -0.4 is 4.74 Å². The van der Waals surface area contributed by atoms with Gasteiger partial charge in [0.15, 0.2) is 0 Å². The lowest BCUT2D eigenvalue weighted by Crippen LogP contribution is -2.55. The van der Waals surface area contributed by atoms with Crippen molar-refractivity contribution in [2.45, 2.75) is 11.6 Å². The van der Waals surface area contributed by atoms with Crippen LogP contribution in [0, 0.1) is 0 Å². The molecule has 0 aliphatic heterocycles. The minimum absolute atomic E-state index is 0.109. The summed E-state index contributed by atoms with van der Waals surface area (Å²) in [5.41, 5.74) is 2.38. The molecule has 4 rings (SSSR count). The Kier molecular flexibility index (Phi) is 7.38. The Bertz CT molecular complexity index is 1160. The molecule has 1 unspecified atom stereocenters. The van der Waals surface area contributed by atoms with E-state index in [4.69, 9.17) is 4.74 Å². The number of hydrogen-bond acceptors (Lipinski definition) is 4. The first-order valence-electron chi connectivity index (χ1n) is 11.4. The first-order chi connectivity index (χ1) is 17.1. The van der Waals surface area contributed by atoms with Crippen molar-refractivity contribution in [3.8, 4) is 5.75 Å². The van der Waals surface area contributed by atoms with Gasteiger partial charge in [0.25, 0.3) is 0 Å². The maximum atomic E-state index is 12.6. The van der Waals surface area contributed by atoms with Crippen LogP contribution in [0.3, 0.4) is 0 Å². The Morgan fingerprint density at radius 2 is 1.31 bits per heavy atom. The third-order valence-electron chi connectivity index (χ3n) is 6.26. The fourth-order valence-electron chi connectivity index (χ4n) is 4.58. The third-order valence-corrected chi connectivity index (χ3v) is 6.26. The average molecular weight is 466 g/mol. The van der Waals surface area contributed by atoms with Crippen LogP contribution in [0.5, 0.6) is 5.75 Å². The number of likely N-dealkylation sites (N-methyl/N-ethyl adjacent to an activating group) is 1. The largest absolute Gasteiger partial charge is 0.491 e. The van der Waals surface area contributed by atoms with E-state index in [0.29, 0.717) is 11.3 Å². The van der Waals surface area contributed by atoms with Crippen molar-refractivity contribution >= 4 is 12.3 Å². The monoisotopic (exact) mass is 465 g/mol. The highest BCUT2D eigenvalue weighted by atomic mass is 16.5. The number of rotatable bonds is 10. The third kappa shape index (κ3) is 4.86. The molecular formula is C30H27NO4. The predicted octanol–water partition coefficient (Wildman–Crippen LogP) is 5.26. The highest BCUT2D eigenvalue weighted by Crippen LogP contribution is 2.42. The van der Waals surface area contributed by atoms with Crippen molar-refractivity contribution in [2.24, 2.45) is 0 Å². The molecule has 35 heavy (non-hydrogen) atoms. The summed E-state index contributed by atoms with van der Waals surface area (Å²) < 4.78 is 5.91. The number of hydrogen-bond donors (Lipinski definition) is 1. The van der Waals surface area contributed by atoms with Gasteiger partial charge in [-0.15, -0.1) is 0 Å². The van der Waals surface area contributed by atoms with Crippen molar-refractivity contribution in [3.63, 3.8) is 0 Å². The number of carboxylic acids is 1. The van der Waals surface area contributed by atoms with Gasteiger partial charge in [0.05, 0.1) is 5.54 Å². The molecule has 0 bridgehead atoms. The van der Waals surface area contributed by atoms with E-state index in [1.54, 1.807) is 24.3 Å². The number of nitrogens with zero attached hydrogens (tertiary/aromatic N) is 1. The zero-order valence-electron chi connectivity index (χ0n) is 19.5. The number of ether oxygens (including phenoxy) is 1. The summed E-state index contributed by atoms with van der Waals surface area (Å²) in [6.45, 7) is -0.109. The lowest BCUT2D eigenvalue weighted by molar-refractivity contribution is -0.145. The molecular weight excluding hydrogens is 438 g/mol. The van der Waals surface area contributed by atoms with Crippen LogP contribution in [0.25, 0.3) is 0 Å². The zero-order chi connectivity index (χ0) is 24.7. The fourth-order valence-corrected chi connectivity index (χ4v) is 4.58. The lowest BCUT2D eigenvalue weighted by atomic mass is 9.75. The standard InChI is InChI=1S/C30H27NO4/c1-31(28(29(33)34)22-35-27-19-11-12-23(20-27)21-32)30(24-13-5-2-6-14-24,25-15-7-3-8-16-25)26-17-9-4-10-18-26/h2-21,28H,22H2,1H3,(H,33,34). The predicted molar refractivity (Wildman–Crippen MR) is 136 cm³/mol. The number of benzene rings is 4. The number of carbonyl (C=O) groups is 2. The van der Waals surface area contributed by atoms with Gasteiger partial charge < -0.3 is 9.84 Å². The van der Waals surface area contributed by atoms with Crippen LogP contribution in [0.4, 0.5) is 0 Å². The van der Waals surface area contributed by atoms with Crippen molar-refractivity contribution < 1.29 is 19.4 Å². The van der Waals surface area contributed by atoms with Crippen molar-refractivity contribution in [1.82, 2.24) is 4.90 Å². The van der Waals surface area contributed by atoms with E-state index in [2.05, 4.69) is 0 Å². The highest BCUT2D eigenvalue weighted by molar-refractivity contribution is 5.76. The summed E-state index contributed by atoms with van der Waals surface area (Å²) in [5, 5.41) is 10.3. The van der Waals surface area contributed by atoms with E-state index < -0.39 is 17.6 Å². The summed E-state index contributed by atoms with van der Waals surface area (Å²) in [5.74, 6) is -0.565. The molecule has 0 saturated carbocycles. The molecule has 1 N–H and O–H groups in total. The van der Waals surface area contributed by atoms with E-state index in [0.717, 1.165) is 23.0 Å². The van der Waals surface area contributed by atoms with Crippen molar-refractivity contribution in [3.05, 3.63) is 138 Å². The van der Waals surface area contributed by atoms with Gasteiger partial charge in [-0.25, -0.2) is 0 Å². The summed E-state index contributed by atoms with van der Waals surface area (Å²) >= 11 is 0. The molecule has 0 radical (unpaired) electrons. The fraction of sp³-hybridized carbons (Fsp3) is 0.133. The number of aldehydes is 1. The molecule has 0 spiro atoms. The van der Waals surface area contributed by atoms with Gasteiger partial charge in [0.2, 0.25) is 0 Å². The molecule has 0 aliphatic rings. The van der Waals surface area contributed by atoms with Gasteiger partial charge in [0.1, 0.15) is 24.7 Å². The van der Waals surface area contributed by atoms with Gasteiger partial charge in [-0.1, -0.05) is 103 Å². The summed E-state index contributed by atoms with van der Waals surface area (Å²) in [6, 6.07) is 35.4. The first-order valence-corrected chi connectivity index (χ1v) is 11.4. The number of carboxylic acid groups (broad SMARTS) is 1. The Balaban J connectivity index is 1.85. The molecule has 0 aromatic heterocycles. The molecule has 176 valence electrons. The Labute approximate surface area is 205 Å². The van der Waals surface area contributed by atoms with Crippen LogP contribution in [0.1, 0.15) is 27.0 Å². The van der Waals surface area contributed by atoms with Crippen LogP contribution in [0.2, 0.25) is 0 Å². The SMILES string of the molecule is CN(C(COc1cccc(C=O)c1)C(=O)O)C(c1ccccc1)(c1ccccc1)c1ccccc1. The van der Waals surface area contributed by atoms with E-state index >= 15 is 0 Å². The second-order valence-corrected chi connectivity index (χ2v) is 8.27. The van der Waals surface area contributed by atoms with Crippen LogP contribution in [0.15, 0.2) is 115 Å². The molecule has 4 aromatic rings. The number of carbonyl (C=O) groups excluding carboxylic acids is 1. The van der Waals surface area contributed by atoms with Gasteiger partial charge in [-0.2, -0.15) is 0 Å². The summed E-state index contributed by atoms with van der Waals surface area (Å²) in [7, 11) is 1.82. The van der Waals surface area contributed by atoms with Gasteiger partial charge in [-0.05, 0) is 35.9 Å². The average Bonchev–Trinajstić information content (AvgIpc) is 2.91. The van der Waals surface area contributed by atoms with Gasteiger partial charge >= 0.3 is 5.97 Å². The van der Waals surface area contributed by atoms with Crippen LogP contribution in [-0.2, 0) is 10.3 Å². The maximum absolute atomic E-state index is 12.6. The van der Waals surface area contributed by atoms with Gasteiger partial charge in [0, 0.05) is 5.56 Å². The smallest absolute Gasteiger partial charge is 0.324 e. The first kappa shape index (κ1) is 23.9. The molecule has 5 heteroatoms. The number of aliphatic carboxylic acids is 1. The Hall–Kier alpha value is -4.22. The summed E-state index contributed by atoms with van der Waals surface area (Å²) in [6.07, 6.45) is 0.735. The molecule has 4 aromatic carbocycles. The second-order valence-electron chi connectivity index (χ2n) is 8.27. The molecule has 0 saturated heterocycles. The zero-order valence-corrected chi connectivity index (χ0v) is 19.5. The van der Waals surface area contributed by atoms with E-state index in [9.17, 15) is 14.7 Å². The normalized spacial score (nSPS) is 12.2. The van der Waals surface area contributed by atoms with Crippen LogP contribution in [-0.4, -0.2) is 42.0 Å². The Morgan fingerprint density at radius 1 is 0.829 bits per heavy atom. The van der Waals surface area contributed by atoms with E-state index in [1.165, 1.54) is 0 Å². The quantitative estimate of drug-likeness (QED) is 0.256. The molecule has 0 heterocycles. The molecule has 5 nitrogen and oxygen atoms in total. The maximum Gasteiger partial charge on any atom is 0.324 e. The summed E-state index contributed by atoms with van der Waals surface area (Å²) in [4.78, 5) is 25.7. The second kappa shape index (κ2) is 10.8. The molecule has 1 atom stereocenters.